The minimum atomic E-state index is -0.517. The Balaban J connectivity index is 1.86. The molecule has 0 radical (unpaired) electrons. The van der Waals surface area contributed by atoms with Crippen LogP contribution in [0.2, 0.25) is 0 Å². The monoisotopic (exact) mass is 348 g/mol. The molecule has 1 aromatic rings. The smallest absolute Gasteiger partial charge is 0.410 e. The molecule has 0 bridgehead atoms. The summed E-state index contributed by atoms with van der Waals surface area (Å²) in [7, 11) is 1.75. The number of ether oxygens (including phenoxy) is 1. The molecule has 0 aromatic carbocycles. The zero-order chi connectivity index (χ0) is 18.6. The first-order valence-electron chi connectivity index (χ1n) is 8.59. The number of nitrogens with zero attached hydrogens (tertiary/aromatic N) is 3. The zero-order valence-corrected chi connectivity index (χ0v) is 15.7. The van der Waals surface area contributed by atoms with E-state index in [-0.39, 0.29) is 24.2 Å². The van der Waals surface area contributed by atoms with Crippen molar-refractivity contribution in [2.75, 3.05) is 20.1 Å². The van der Waals surface area contributed by atoms with Gasteiger partial charge >= 0.3 is 12.1 Å². The number of amides is 3. The predicted molar refractivity (Wildman–Crippen MR) is 95.2 cm³/mol. The maximum atomic E-state index is 12.5. The summed E-state index contributed by atoms with van der Waals surface area (Å²) >= 11 is 0. The molecular formula is C18H28N4O3. The lowest BCUT2D eigenvalue weighted by atomic mass is 10.2. The van der Waals surface area contributed by atoms with Gasteiger partial charge in [0.15, 0.2) is 0 Å². The van der Waals surface area contributed by atoms with E-state index in [1.807, 2.05) is 45.9 Å². The van der Waals surface area contributed by atoms with E-state index >= 15 is 0 Å². The first kappa shape index (κ1) is 19.0. The average molecular weight is 348 g/mol. The molecule has 3 amide bonds. The van der Waals surface area contributed by atoms with Gasteiger partial charge in [-0.2, -0.15) is 0 Å². The molecule has 1 fully saturated rings. The highest BCUT2D eigenvalue weighted by atomic mass is 16.6. The summed E-state index contributed by atoms with van der Waals surface area (Å²) in [5.41, 5.74) is 0.318. The first-order valence-corrected chi connectivity index (χ1v) is 8.59. The largest absolute Gasteiger partial charge is 0.444 e. The number of carbonyl (C=O) groups excluding carboxylic acids is 2. The molecule has 138 valence electrons. The third-order valence-corrected chi connectivity index (χ3v) is 4.18. The van der Waals surface area contributed by atoms with E-state index in [1.54, 1.807) is 23.0 Å². The van der Waals surface area contributed by atoms with E-state index in [0.717, 1.165) is 12.1 Å². The van der Waals surface area contributed by atoms with E-state index in [2.05, 4.69) is 10.3 Å². The third kappa shape index (κ3) is 5.34. The molecule has 0 aliphatic carbocycles. The van der Waals surface area contributed by atoms with Gasteiger partial charge < -0.3 is 19.9 Å². The summed E-state index contributed by atoms with van der Waals surface area (Å²) < 4.78 is 5.37. The number of pyridine rings is 1. The average Bonchev–Trinajstić information content (AvgIpc) is 3.01. The van der Waals surface area contributed by atoms with Gasteiger partial charge in [0.05, 0.1) is 11.7 Å². The van der Waals surface area contributed by atoms with Crippen molar-refractivity contribution in [3.63, 3.8) is 0 Å². The van der Waals surface area contributed by atoms with Crippen LogP contribution in [0.15, 0.2) is 24.4 Å². The van der Waals surface area contributed by atoms with Crippen molar-refractivity contribution in [2.45, 2.75) is 51.8 Å². The van der Waals surface area contributed by atoms with Crippen molar-refractivity contribution < 1.29 is 14.3 Å². The van der Waals surface area contributed by atoms with Gasteiger partial charge in [0.1, 0.15) is 5.60 Å². The maximum Gasteiger partial charge on any atom is 0.410 e. The summed E-state index contributed by atoms with van der Waals surface area (Å²) in [5.74, 6) is 0. The van der Waals surface area contributed by atoms with Crippen molar-refractivity contribution in [3.8, 4) is 0 Å². The van der Waals surface area contributed by atoms with Crippen LogP contribution in [-0.4, -0.2) is 58.7 Å². The van der Waals surface area contributed by atoms with Crippen LogP contribution in [0.3, 0.4) is 0 Å². The number of hydrogen-bond donors (Lipinski definition) is 1. The summed E-state index contributed by atoms with van der Waals surface area (Å²) in [6.45, 7) is 8.51. The second-order valence-electron chi connectivity index (χ2n) is 7.40. The van der Waals surface area contributed by atoms with Gasteiger partial charge in [0.2, 0.25) is 0 Å². The Bertz CT molecular complexity index is 600. The minimum Gasteiger partial charge on any atom is -0.444 e. The Hall–Kier alpha value is -2.31. The predicted octanol–water partition coefficient (Wildman–Crippen LogP) is 2.79. The van der Waals surface area contributed by atoms with E-state index in [1.165, 1.54) is 0 Å². The van der Waals surface area contributed by atoms with Crippen molar-refractivity contribution in [2.24, 2.45) is 0 Å². The molecule has 0 spiro atoms. The summed E-state index contributed by atoms with van der Waals surface area (Å²) in [6.07, 6.45) is 2.10. The van der Waals surface area contributed by atoms with Crippen LogP contribution >= 0.6 is 0 Å². The molecule has 0 saturated carbocycles. The Morgan fingerprint density at radius 3 is 2.72 bits per heavy atom. The molecule has 1 aliphatic heterocycles. The summed E-state index contributed by atoms with van der Waals surface area (Å²) in [4.78, 5) is 32.1. The Morgan fingerprint density at radius 1 is 1.40 bits per heavy atom. The van der Waals surface area contributed by atoms with Crippen molar-refractivity contribution in [1.29, 1.82) is 0 Å². The van der Waals surface area contributed by atoms with Crippen LogP contribution in [0.4, 0.5) is 9.59 Å². The summed E-state index contributed by atoms with van der Waals surface area (Å²) in [5, 5.41) is 2.99. The number of aromatic nitrogens is 1. The second-order valence-corrected chi connectivity index (χ2v) is 7.40. The maximum absolute atomic E-state index is 12.5. The fourth-order valence-corrected chi connectivity index (χ4v) is 2.64. The van der Waals surface area contributed by atoms with Crippen LogP contribution < -0.4 is 5.32 Å². The molecule has 2 rings (SSSR count). The van der Waals surface area contributed by atoms with Gasteiger partial charge in [-0.15, -0.1) is 0 Å². The SMILES string of the molecule is C[C@@H](c1ccccn1)N(C)C(=O)N[C@@H]1CCN(C(=O)OC(C)(C)C)C1. The molecule has 2 atom stereocenters. The van der Waals surface area contributed by atoms with Gasteiger partial charge in [-0.25, -0.2) is 9.59 Å². The lowest BCUT2D eigenvalue weighted by molar-refractivity contribution is 0.0291. The lowest BCUT2D eigenvalue weighted by Crippen LogP contribution is -2.45. The van der Waals surface area contributed by atoms with E-state index in [9.17, 15) is 9.59 Å². The highest BCUT2D eigenvalue weighted by Gasteiger charge is 2.31. The second kappa shape index (κ2) is 7.72. The quantitative estimate of drug-likeness (QED) is 0.911. The van der Waals surface area contributed by atoms with Crippen LogP contribution in [0.25, 0.3) is 0 Å². The van der Waals surface area contributed by atoms with Crippen molar-refractivity contribution in [3.05, 3.63) is 30.1 Å². The number of hydrogen-bond acceptors (Lipinski definition) is 4. The van der Waals surface area contributed by atoms with E-state index < -0.39 is 5.60 Å². The Kier molecular flexibility index (Phi) is 5.87. The van der Waals surface area contributed by atoms with E-state index in [4.69, 9.17) is 4.74 Å². The molecule has 1 saturated heterocycles. The van der Waals surface area contributed by atoms with Crippen LogP contribution in [0.5, 0.6) is 0 Å². The van der Waals surface area contributed by atoms with E-state index in [0.29, 0.717) is 13.1 Å². The molecule has 2 heterocycles. The number of carbonyl (C=O) groups is 2. The number of rotatable bonds is 3. The number of nitrogens with one attached hydrogen (secondary N) is 1. The molecule has 7 nitrogen and oxygen atoms in total. The first-order chi connectivity index (χ1) is 11.7. The number of urea groups is 1. The third-order valence-electron chi connectivity index (χ3n) is 4.18. The zero-order valence-electron chi connectivity index (χ0n) is 15.7. The lowest BCUT2D eigenvalue weighted by Gasteiger charge is -2.27. The fourth-order valence-electron chi connectivity index (χ4n) is 2.64. The topological polar surface area (TPSA) is 74.8 Å². The molecule has 25 heavy (non-hydrogen) atoms. The normalized spacial score (nSPS) is 18.6. The molecule has 1 N–H and O–H groups in total. The number of likely N-dealkylation sites (tertiary alicyclic amines) is 1. The minimum absolute atomic E-state index is 0.0709. The molecule has 0 unspecified atom stereocenters. The molecule has 1 aliphatic rings. The molecule has 1 aromatic heterocycles. The van der Waals surface area contributed by atoms with Crippen molar-refractivity contribution >= 4 is 12.1 Å². The standard InChI is InChI=1S/C18H28N4O3/c1-13(15-8-6-7-10-19-15)21(5)16(23)20-14-9-11-22(12-14)17(24)25-18(2,3)4/h6-8,10,13-14H,9,11-12H2,1-5H3,(H,20,23)/t13-,14+/m0/s1. The Labute approximate surface area is 149 Å². The van der Waals surface area contributed by atoms with Crippen molar-refractivity contribution in [1.82, 2.24) is 20.1 Å². The Morgan fingerprint density at radius 2 is 2.12 bits per heavy atom. The van der Waals surface area contributed by atoms with Gasteiger partial charge in [-0.05, 0) is 46.2 Å². The van der Waals surface area contributed by atoms with Gasteiger partial charge in [-0.3, -0.25) is 4.98 Å². The van der Waals surface area contributed by atoms with Gasteiger partial charge in [0, 0.05) is 32.4 Å². The highest BCUT2D eigenvalue weighted by molar-refractivity contribution is 5.75. The fraction of sp³-hybridized carbons (Fsp3) is 0.611. The van der Waals surface area contributed by atoms with Gasteiger partial charge in [0.25, 0.3) is 0 Å². The highest BCUT2D eigenvalue weighted by Crippen LogP contribution is 2.18. The van der Waals surface area contributed by atoms with Crippen LogP contribution in [0, 0.1) is 0 Å². The molecule has 7 heteroatoms. The van der Waals surface area contributed by atoms with Crippen LogP contribution in [0.1, 0.15) is 45.9 Å². The van der Waals surface area contributed by atoms with Crippen LogP contribution in [-0.2, 0) is 4.74 Å². The molecular weight excluding hydrogens is 320 g/mol. The van der Waals surface area contributed by atoms with Gasteiger partial charge in [-0.1, -0.05) is 6.07 Å². The summed E-state index contributed by atoms with van der Waals surface area (Å²) in [6, 6.07) is 5.27.